The largest absolute Gasteiger partial charge is 0.416 e. The third-order valence-electron chi connectivity index (χ3n) is 4.20. The molecule has 3 N–H and O–H groups in total. The van der Waals surface area contributed by atoms with Crippen molar-refractivity contribution in [3.63, 3.8) is 0 Å². The molecule has 28 heavy (non-hydrogen) atoms. The second-order valence-corrected chi connectivity index (χ2v) is 6.53. The smallest absolute Gasteiger partial charge is 0.396 e. The minimum Gasteiger partial charge on any atom is -0.396 e. The van der Waals surface area contributed by atoms with Crippen LogP contribution in [0, 0.1) is 5.82 Å². The number of alkyl halides is 3. The molecule has 0 radical (unpaired) electrons. The fraction of sp³-hybridized carbons (Fsp3) is 0.350. The molecule has 2 unspecified atom stereocenters. The van der Waals surface area contributed by atoms with Gasteiger partial charge in [-0.25, -0.2) is 9.18 Å². The van der Waals surface area contributed by atoms with Crippen LogP contribution in [0.5, 0.6) is 0 Å². The standard InChI is InChI=1S/C20H22F4N2O2/c1-13(12-14-2-6-16(7-3-14)20(22,23)24)25-19(28)26-18(10-11-27)15-4-8-17(21)9-5-15/h2-9,13,18,27H,10-12H2,1H3,(H2,25,26,28). The van der Waals surface area contributed by atoms with E-state index in [1.165, 1.54) is 36.4 Å². The van der Waals surface area contributed by atoms with Gasteiger partial charge in [-0.05, 0) is 55.2 Å². The van der Waals surface area contributed by atoms with Crippen LogP contribution in [0.1, 0.15) is 36.1 Å². The van der Waals surface area contributed by atoms with Gasteiger partial charge in [0.2, 0.25) is 0 Å². The highest BCUT2D eigenvalue weighted by molar-refractivity contribution is 5.74. The zero-order valence-electron chi connectivity index (χ0n) is 15.3. The van der Waals surface area contributed by atoms with Crippen LogP contribution in [0.2, 0.25) is 0 Å². The van der Waals surface area contributed by atoms with Crippen molar-refractivity contribution in [1.29, 1.82) is 0 Å². The maximum Gasteiger partial charge on any atom is 0.416 e. The molecule has 0 spiro atoms. The van der Waals surface area contributed by atoms with Crippen molar-refractivity contribution in [3.05, 3.63) is 71.0 Å². The molecule has 2 aromatic rings. The predicted octanol–water partition coefficient (Wildman–Crippen LogP) is 4.20. The molecule has 2 atom stereocenters. The summed E-state index contributed by atoms with van der Waals surface area (Å²) >= 11 is 0. The number of rotatable bonds is 7. The molecular formula is C20H22F4N2O2. The molecule has 0 saturated heterocycles. The molecule has 4 nitrogen and oxygen atoms in total. The number of aliphatic hydroxyl groups excluding tert-OH is 1. The Morgan fingerprint density at radius 1 is 1.04 bits per heavy atom. The first-order valence-corrected chi connectivity index (χ1v) is 8.78. The molecule has 2 rings (SSSR count). The molecule has 2 aromatic carbocycles. The first kappa shape index (κ1) is 21.7. The fourth-order valence-corrected chi connectivity index (χ4v) is 2.80. The average Bonchev–Trinajstić information content (AvgIpc) is 2.61. The Morgan fingerprint density at radius 2 is 1.64 bits per heavy atom. The van der Waals surface area contributed by atoms with Crippen LogP contribution in [-0.4, -0.2) is 23.8 Å². The van der Waals surface area contributed by atoms with Gasteiger partial charge in [0, 0.05) is 12.6 Å². The maximum atomic E-state index is 13.1. The topological polar surface area (TPSA) is 61.4 Å². The van der Waals surface area contributed by atoms with Crippen LogP contribution in [0.4, 0.5) is 22.4 Å². The molecule has 152 valence electrons. The lowest BCUT2D eigenvalue weighted by Gasteiger charge is -2.21. The molecule has 0 aliphatic heterocycles. The van der Waals surface area contributed by atoms with E-state index in [1.807, 2.05) is 0 Å². The second-order valence-electron chi connectivity index (χ2n) is 6.53. The lowest BCUT2D eigenvalue weighted by molar-refractivity contribution is -0.137. The SMILES string of the molecule is CC(Cc1ccc(C(F)(F)F)cc1)NC(=O)NC(CCO)c1ccc(F)cc1. The minimum atomic E-state index is -4.38. The molecule has 0 bridgehead atoms. The highest BCUT2D eigenvalue weighted by Gasteiger charge is 2.30. The number of benzene rings is 2. The van der Waals surface area contributed by atoms with Crippen molar-refractivity contribution in [3.8, 4) is 0 Å². The van der Waals surface area contributed by atoms with Gasteiger partial charge < -0.3 is 15.7 Å². The summed E-state index contributed by atoms with van der Waals surface area (Å²) in [7, 11) is 0. The quantitative estimate of drug-likeness (QED) is 0.613. The third kappa shape index (κ3) is 6.53. The molecule has 0 fully saturated rings. The summed E-state index contributed by atoms with van der Waals surface area (Å²) in [5.41, 5.74) is 0.591. The number of aliphatic hydroxyl groups is 1. The lowest BCUT2D eigenvalue weighted by atomic mass is 10.0. The first-order valence-electron chi connectivity index (χ1n) is 8.78. The van der Waals surface area contributed by atoms with Crippen LogP contribution in [0.15, 0.2) is 48.5 Å². The van der Waals surface area contributed by atoms with Crippen molar-refractivity contribution >= 4 is 6.03 Å². The Hall–Kier alpha value is -2.61. The minimum absolute atomic E-state index is 0.163. The van der Waals surface area contributed by atoms with E-state index >= 15 is 0 Å². The van der Waals surface area contributed by atoms with Gasteiger partial charge in [-0.3, -0.25) is 0 Å². The number of carbonyl (C=O) groups is 1. The normalized spacial score (nSPS) is 13.6. The summed E-state index contributed by atoms with van der Waals surface area (Å²) in [6.07, 6.45) is -3.77. The fourth-order valence-electron chi connectivity index (χ4n) is 2.80. The van der Waals surface area contributed by atoms with E-state index in [9.17, 15) is 27.5 Å². The Kier molecular flexibility index (Phi) is 7.39. The van der Waals surface area contributed by atoms with E-state index in [2.05, 4.69) is 10.6 Å². The number of hydrogen-bond acceptors (Lipinski definition) is 2. The van der Waals surface area contributed by atoms with E-state index in [4.69, 9.17) is 0 Å². The summed E-state index contributed by atoms with van der Waals surface area (Å²) in [4.78, 5) is 12.2. The van der Waals surface area contributed by atoms with Gasteiger partial charge in [0.15, 0.2) is 0 Å². The number of carbonyl (C=O) groups excluding carboxylic acids is 1. The monoisotopic (exact) mass is 398 g/mol. The second kappa shape index (κ2) is 9.54. The van der Waals surface area contributed by atoms with Crippen LogP contribution in [-0.2, 0) is 12.6 Å². The van der Waals surface area contributed by atoms with Gasteiger partial charge in [-0.1, -0.05) is 24.3 Å². The summed E-state index contributed by atoms with van der Waals surface area (Å²) in [5.74, 6) is -0.402. The lowest BCUT2D eigenvalue weighted by Crippen LogP contribution is -2.43. The molecule has 0 aliphatic carbocycles. The number of hydrogen-bond donors (Lipinski definition) is 3. The van der Waals surface area contributed by atoms with Crippen molar-refractivity contribution in [2.24, 2.45) is 0 Å². The van der Waals surface area contributed by atoms with E-state index < -0.39 is 29.6 Å². The summed E-state index contributed by atoms with van der Waals surface area (Å²) in [6, 6.07) is 9.06. The molecule has 0 heterocycles. The molecule has 0 saturated carbocycles. The predicted molar refractivity (Wildman–Crippen MR) is 97.1 cm³/mol. The van der Waals surface area contributed by atoms with E-state index in [0.29, 0.717) is 17.5 Å². The van der Waals surface area contributed by atoms with Crippen molar-refractivity contribution in [2.75, 3.05) is 6.61 Å². The number of urea groups is 1. The zero-order chi connectivity index (χ0) is 20.7. The van der Waals surface area contributed by atoms with Gasteiger partial charge in [-0.2, -0.15) is 13.2 Å². The van der Waals surface area contributed by atoms with Crippen molar-refractivity contribution in [1.82, 2.24) is 10.6 Å². The van der Waals surface area contributed by atoms with Crippen LogP contribution < -0.4 is 10.6 Å². The first-order chi connectivity index (χ1) is 13.2. The number of halogens is 4. The molecule has 8 heteroatoms. The van der Waals surface area contributed by atoms with Gasteiger partial charge in [-0.15, -0.1) is 0 Å². The summed E-state index contributed by atoms with van der Waals surface area (Å²) in [6.45, 7) is 1.57. The third-order valence-corrected chi connectivity index (χ3v) is 4.20. The van der Waals surface area contributed by atoms with E-state index in [-0.39, 0.29) is 19.1 Å². The van der Waals surface area contributed by atoms with Crippen molar-refractivity contribution in [2.45, 2.75) is 38.0 Å². The Bertz CT molecular complexity index is 761. The summed E-state index contributed by atoms with van der Waals surface area (Å²) in [5, 5.41) is 14.6. The molecule has 2 amide bonds. The zero-order valence-corrected chi connectivity index (χ0v) is 15.3. The van der Waals surface area contributed by atoms with E-state index in [1.54, 1.807) is 6.92 Å². The Labute approximate surface area is 160 Å². The van der Waals surface area contributed by atoms with Gasteiger partial charge in [0.1, 0.15) is 5.82 Å². The van der Waals surface area contributed by atoms with Gasteiger partial charge in [0.05, 0.1) is 11.6 Å². The highest BCUT2D eigenvalue weighted by atomic mass is 19.4. The highest BCUT2D eigenvalue weighted by Crippen LogP contribution is 2.29. The molecular weight excluding hydrogens is 376 g/mol. The van der Waals surface area contributed by atoms with Crippen LogP contribution in [0.3, 0.4) is 0 Å². The van der Waals surface area contributed by atoms with Crippen LogP contribution in [0.25, 0.3) is 0 Å². The molecule has 0 aromatic heterocycles. The average molecular weight is 398 g/mol. The maximum absolute atomic E-state index is 13.1. The molecule has 0 aliphatic rings. The number of nitrogens with one attached hydrogen (secondary N) is 2. The number of amides is 2. The van der Waals surface area contributed by atoms with Crippen LogP contribution >= 0.6 is 0 Å². The Balaban J connectivity index is 1.92. The van der Waals surface area contributed by atoms with Gasteiger partial charge in [0.25, 0.3) is 0 Å². The van der Waals surface area contributed by atoms with Crippen molar-refractivity contribution < 1.29 is 27.5 Å². The van der Waals surface area contributed by atoms with Gasteiger partial charge >= 0.3 is 12.2 Å². The van der Waals surface area contributed by atoms with E-state index in [0.717, 1.165) is 12.1 Å². The summed E-state index contributed by atoms with van der Waals surface area (Å²) < 4.78 is 50.8. The Morgan fingerprint density at radius 3 is 2.18 bits per heavy atom.